The number of rotatable bonds is 5. The number of carbonyl (C=O) groups is 2. The van der Waals surface area contributed by atoms with E-state index in [-0.39, 0.29) is 10.7 Å². The Hall–Kier alpha value is -4.26. The van der Waals surface area contributed by atoms with Crippen LogP contribution in [-0.2, 0) is 9.59 Å². The number of benzene rings is 4. The average molecular weight is 511 g/mol. The number of hydrogen-bond acceptors (Lipinski definition) is 4. The van der Waals surface area contributed by atoms with Gasteiger partial charge in [0.05, 0.1) is 5.69 Å². The highest BCUT2D eigenvalue weighted by Crippen LogP contribution is 2.28. The SMILES string of the molecule is O=C1NC(=S)N(c2ccc(Oc3ccccc3)cc2)C(=O)C1=Cc1cccc(-c2ccc(Cl)cc2)c1. The summed E-state index contributed by atoms with van der Waals surface area (Å²) < 4.78 is 5.82. The Morgan fingerprint density at radius 3 is 2.19 bits per heavy atom. The average Bonchev–Trinajstić information content (AvgIpc) is 2.89. The van der Waals surface area contributed by atoms with Crippen molar-refractivity contribution in [1.82, 2.24) is 5.32 Å². The first-order valence-electron chi connectivity index (χ1n) is 11.1. The van der Waals surface area contributed by atoms with Crippen LogP contribution in [0.5, 0.6) is 11.5 Å². The maximum Gasteiger partial charge on any atom is 0.270 e. The van der Waals surface area contributed by atoms with Crippen LogP contribution in [0.15, 0.2) is 109 Å². The molecule has 1 aliphatic heterocycles. The summed E-state index contributed by atoms with van der Waals surface area (Å²) in [6.07, 6.45) is 1.57. The van der Waals surface area contributed by atoms with Crippen LogP contribution >= 0.6 is 23.8 Å². The molecule has 1 aliphatic rings. The molecule has 1 N–H and O–H groups in total. The third kappa shape index (κ3) is 5.05. The zero-order valence-corrected chi connectivity index (χ0v) is 20.4. The maximum absolute atomic E-state index is 13.4. The lowest BCUT2D eigenvalue weighted by atomic mass is 10.0. The highest BCUT2D eigenvalue weighted by atomic mass is 35.5. The number of amides is 2. The van der Waals surface area contributed by atoms with Gasteiger partial charge in [0.25, 0.3) is 11.8 Å². The molecule has 1 heterocycles. The molecule has 0 radical (unpaired) electrons. The van der Waals surface area contributed by atoms with Gasteiger partial charge in [-0.25, -0.2) is 0 Å². The molecule has 0 aromatic heterocycles. The van der Waals surface area contributed by atoms with Gasteiger partial charge in [-0.05, 0) is 89.6 Å². The second-order valence-corrected chi connectivity index (χ2v) is 8.82. The molecule has 36 heavy (non-hydrogen) atoms. The van der Waals surface area contributed by atoms with Crippen LogP contribution in [0.4, 0.5) is 5.69 Å². The smallest absolute Gasteiger partial charge is 0.270 e. The molecule has 0 atom stereocenters. The topological polar surface area (TPSA) is 58.6 Å². The molecule has 1 fully saturated rings. The monoisotopic (exact) mass is 510 g/mol. The second-order valence-electron chi connectivity index (χ2n) is 8.00. The lowest BCUT2D eigenvalue weighted by Crippen LogP contribution is -2.54. The molecule has 5 nitrogen and oxygen atoms in total. The predicted molar refractivity (Wildman–Crippen MR) is 146 cm³/mol. The Kier molecular flexibility index (Phi) is 6.62. The summed E-state index contributed by atoms with van der Waals surface area (Å²) in [7, 11) is 0. The van der Waals surface area contributed by atoms with E-state index in [2.05, 4.69) is 5.32 Å². The van der Waals surface area contributed by atoms with Crippen molar-refractivity contribution in [2.45, 2.75) is 0 Å². The van der Waals surface area contributed by atoms with E-state index in [0.29, 0.717) is 27.8 Å². The van der Waals surface area contributed by atoms with Gasteiger partial charge in [0.15, 0.2) is 5.11 Å². The molecule has 0 spiro atoms. The number of nitrogens with one attached hydrogen (secondary N) is 1. The number of para-hydroxylation sites is 1. The third-order valence-electron chi connectivity index (χ3n) is 5.55. The standard InChI is InChI=1S/C29H19ClN2O3S/c30-22-11-9-20(10-12-22)21-6-4-5-19(17-21)18-26-27(33)31-29(36)32(28(26)34)23-13-15-25(16-14-23)35-24-7-2-1-3-8-24/h1-18H,(H,31,33,36). The van der Waals surface area contributed by atoms with Gasteiger partial charge in [-0.1, -0.05) is 60.1 Å². The van der Waals surface area contributed by atoms with Gasteiger partial charge in [0.2, 0.25) is 0 Å². The summed E-state index contributed by atoms with van der Waals surface area (Å²) in [5, 5.41) is 3.29. The molecule has 4 aromatic carbocycles. The van der Waals surface area contributed by atoms with E-state index in [9.17, 15) is 9.59 Å². The zero-order valence-electron chi connectivity index (χ0n) is 18.9. The van der Waals surface area contributed by atoms with Crippen molar-refractivity contribution < 1.29 is 14.3 Å². The lowest BCUT2D eigenvalue weighted by Gasteiger charge is -2.29. The predicted octanol–water partition coefficient (Wildman–Crippen LogP) is 6.63. The fourth-order valence-electron chi connectivity index (χ4n) is 3.80. The summed E-state index contributed by atoms with van der Waals surface area (Å²) >= 11 is 11.3. The molecule has 176 valence electrons. The van der Waals surface area contributed by atoms with Crippen molar-refractivity contribution in [3.63, 3.8) is 0 Å². The summed E-state index contributed by atoms with van der Waals surface area (Å²) in [5.41, 5.74) is 3.12. The quantitative estimate of drug-likeness (QED) is 0.186. The first-order valence-corrected chi connectivity index (χ1v) is 11.9. The Bertz CT molecular complexity index is 1480. The van der Waals surface area contributed by atoms with E-state index in [1.165, 1.54) is 4.90 Å². The first-order chi connectivity index (χ1) is 17.5. The van der Waals surface area contributed by atoms with Crippen LogP contribution < -0.4 is 15.0 Å². The van der Waals surface area contributed by atoms with Gasteiger partial charge in [0, 0.05) is 5.02 Å². The van der Waals surface area contributed by atoms with Crippen molar-refractivity contribution in [1.29, 1.82) is 0 Å². The number of nitrogens with zero attached hydrogens (tertiary/aromatic N) is 1. The molecule has 0 aliphatic carbocycles. The number of thiocarbonyl (C=S) groups is 1. The van der Waals surface area contributed by atoms with Gasteiger partial charge >= 0.3 is 0 Å². The number of anilines is 1. The molecule has 0 unspecified atom stereocenters. The zero-order chi connectivity index (χ0) is 25.1. The number of ether oxygens (including phenoxy) is 1. The Balaban J connectivity index is 1.41. The van der Waals surface area contributed by atoms with Crippen LogP contribution in [0, 0.1) is 0 Å². The third-order valence-corrected chi connectivity index (χ3v) is 6.09. The molecule has 0 saturated carbocycles. The minimum atomic E-state index is -0.540. The van der Waals surface area contributed by atoms with Crippen LogP contribution in [0.25, 0.3) is 17.2 Å². The molecular weight excluding hydrogens is 492 g/mol. The van der Waals surface area contributed by atoms with E-state index in [4.69, 9.17) is 28.6 Å². The highest BCUT2D eigenvalue weighted by molar-refractivity contribution is 7.80. The minimum absolute atomic E-state index is 0.0125. The molecule has 5 rings (SSSR count). The van der Waals surface area contributed by atoms with E-state index in [0.717, 1.165) is 11.1 Å². The van der Waals surface area contributed by atoms with E-state index in [1.807, 2.05) is 78.9 Å². The van der Waals surface area contributed by atoms with Crippen molar-refractivity contribution in [2.75, 3.05) is 4.90 Å². The van der Waals surface area contributed by atoms with E-state index < -0.39 is 11.8 Å². The second kappa shape index (κ2) is 10.2. The number of carbonyl (C=O) groups excluding carboxylic acids is 2. The molecule has 7 heteroatoms. The maximum atomic E-state index is 13.4. The Labute approximate surface area is 218 Å². The summed E-state index contributed by atoms with van der Waals surface area (Å²) in [6.45, 7) is 0. The Morgan fingerprint density at radius 1 is 0.778 bits per heavy atom. The molecule has 0 bridgehead atoms. The van der Waals surface area contributed by atoms with Crippen LogP contribution in [0.2, 0.25) is 5.02 Å². The van der Waals surface area contributed by atoms with Crippen LogP contribution in [-0.4, -0.2) is 16.9 Å². The summed E-state index contributed by atoms with van der Waals surface area (Å²) in [4.78, 5) is 27.4. The molecular formula is C29H19ClN2O3S. The van der Waals surface area contributed by atoms with Crippen molar-refractivity contribution >= 4 is 52.5 Å². The summed E-state index contributed by atoms with van der Waals surface area (Å²) in [5.74, 6) is 0.270. The first kappa shape index (κ1) is 23.5. The van der Waals surface area contributed by atoms with Gasteiger partial charge in [-0.15, -0.1) is 0 Å². The largest absolute Gasteiger partial charge is 0.457 e. The van der Waals surface area contributed by atoms with Crippen molar-refractivity contribution in [3.8, 4) is 22.6 Å². The van der Waals surface area contributed by atoms with Gasteiger partial charge < -0.3 is 4.74 Å². The van der Waals surface area contributed by atoms with Gasteiger partial charge in [-0.2, -0.15) is 0 Å². The fourth-order valence-corrected chi connectivity index (χ4v) is 4.20. The van der Waals surface area contributed by atoms with Crippen molar-refractivity contribution in [2.24, 2.45) is 0 Å². The van der Waals surface area contributed by atoms with Gasteiger partial charge in [-0.3, -0.25) is 19.8 Å². The molecule has 2 amide bonds. The van der Waals surface area contributed by atoms with Crippen LogP contribution in [0.1, 0.15) is 5.56 Å². The minimum Gasteiger partial charge on any atom is -0.457 e. The lowest BCUT2D eigenvalue weighted by molar-refractivity contribution is -0.122. The normalized spacial score (nSPS) is 14.6. The van der Waals surface area contributed by atoms with Crippen LogP contribution in [0.3, 0.4) is 0 Å². The molecule has 1 saturated heterocycles. The van der Waals surface area contributed by atoms with Gasteiger partial charge in [0.1, 0.15) is 17.1 Å². The fraction of sp³-hybridized carbons (Fsp3) is 0. The van der Waals surface area contributed by atoms with Crippen molar-refractivity contribution in [3.05, 3.63) is 119 Å². The number of halogens is 1. The summed E-state index contributed by atoms with van der Waals surface area (Å²) in [6, 6.07) is 31.3. The Morgan fingerprint density at radius 2 is 1.47 bits per heavy atom. The van der Waals surface area contributed by atoms with E-state index in [1.54, 1.807) is 30.3 Å². The number of hydrogen-bond donors (Lipinski definition) is 1. The van der Waals surface area contributed by atoms with E-state index >= 15 is 0 Å². The molecule has 4 aromatic rings. The highest BCUT2D eigenvalue weighted by Gasteiger charge is 2.34.